The van der Waals surface area contributed by atoms with Crippen LogP contribution in [-0.2, 0) is 22.4 Å². The smallest absolute Gasteiger partial charge is 0.311 e. The van der Waals surface area contributed by atoms with Gasteiger partial charge in [-0.05, 0) is 31.4 Å². The average molecular weight is 220 g/mol. The highest BCUT2D eigenvalue weighted by Gasteiger charge is 2.12. The molecular formula is C12H16N2O2. The van der Waals surface area contributed by atoms with E-state index < -0.39 is 0 Å². The van der Waals surface area contributed by atoms with E-state index in [1.165, 1.54) is 5.56 Å². The van der Waals surface area contributed by atoms with Gasteiger partial charge in [0, 0.05) is 6.54 Å². The van der Waals surface area contributed by atoms with Gasteiger partial charge in [0.25, 0.3) is 0 Å². The van der Waals surface area contributed by atoms with Crippen LogP contribution in [0.15, 0.2) is 12.1 Å². The van der Waals surface area contributed by atoms with Crippen molar-refractivity contribution in [1.29, 1.82) is 0 Å². The number of esters is 1. The van der Waals surface area contributed by atoms with Gasteiger partial charge in [0.2, 0.25) is 0 Å². The number of carbonyl (C=O) groups excluding carboxylic acids is 1. The predicted octanol–water partition coefficient (Wildman–Crippen LogP) is 1.55. The molecule has 0 amide bonds. The number of aryl methyl sites for hydroxylation is 1. The Morgan fingerprint density at radius 2 is 2.44 bits per heavy atom. The van der Waals surface area contributed by atoms with Crippen LogP contribution in [0.1, 0.15) is 24.6 Å². The van der Waals surface area contributed by atoms with Gasteiger partial charge in [0.15, 0.2) is 0 Å². The number of hydrogen-bond donors (Lipinski definition) is 1. The molecule has 1 aromatic rings. The zero-order chi connectivity index (χ0) is 11.4. The fourth-order valence-electron chi connectivity index (χ4n) is 1.83. The van der Waals surface area contributed by atoms with E-state index in [0.717, 1.165) is 30.9 Å². The predicted molar refractivity (Wildman–Crippen MR) is 61.4 cm³/mol. The van der Waals surface area contributed by atoms with Crippen molar-refractivity contribution in [3.05, 3.63) is 23.4 Å². The zero-order valence-corrected chi connectivity index (χ0v) is 9.45. The summed E-state index contributed by atoms with van der Waals surface area (Å²) in [5.74, 6) is 0.707. The number of nitrogens with zero attached hydrogens (tertiary/aromatic N) is 1. The molecule has 0 bridgehead atoms. The molecule has 4 heteroatoms. The molecule has 2 heterocycles. The Bertz CT molecular complexity index is 391. The van der Waals surface area contributed by atoms with Crippen molar-refractivity contribution in [3.8, 4) is 0 Å². The normalized spacial score (nSPS) is 13.8. The maximum absolute atomic E-state index is 11.3. The van der Waals surface area contributed by atoms with Gasteiger partial charge in [-0.2, -0.15) is 0 Å². The summed E-state index contributed by atoms with van der Waals surface area (Å²) < 4.78 is 4.89. The molecule has 0 saturated heterocycles. The van der Waals surface area contributed by atoms with Gasteiger partial charge in [-0.15, -0.1) is 0 Å². The lowest BCUT2D eigenvalue weighted by molar-refractivity contribution is -0.142. The molecule has 4 nitrogen and oxygen atoms in total. The minimum atomic E-state index is -0.217. The number of carbonyl (C=O) groups is 1. The Hall–Kier alpha value is -1.58. The van der Waals surface area contributed by atoms with Gasteiger partial charge in [-0.25, -0.2) is 4.98 Å². The van der Waals surface area contributed by atoms with Gasteiger partial charge in [-0.1, -0.05) is 6.07 Å². The lowest BCUT2D eigenvalue weighted by Gasteiger charge is -2.17. The lowest BCUT2D eigenvalue weighted by atomic mass is 10.1. The number of pyridine rings is 1. The molecule has 16 heavy (non-hydrogen) atoms. The molecule has 0 aromatic carbocycles. The van der Waals surface area contributed by atoms with Gasteiger partial charge < -0.3 is 10.1 Å². The van der Waals surface area contributed by atoms with Crippen molar-refractivity contribution in [2.75, 3.05) is 18.5 Å². The molecular weight excluding hydrogens is 204 g/mol. The zero-order valence-electron chi connectivity index (χ0n) is 9.45. The fourth-order valence-corrected chi connectivity index (χ4v) is 1.83. The third kappa shape index (κ3) is 2.51. The Kier molecular flexibility index (Phi) is 3.39. The molecule has 0 saturated carbocycles. The Balaban J connectivity index is 2.08. The van der Waals surface area contributed by atoms with E-state index in [9.17, 15) is 4.79 Å². The van der Waals surface area contributed by atoms with Crippen molar-refractivity contribution in [1.82, 2.24) is 4.98 Å². The number of aromatic nitrogens is 1. The van der Waals surface area contributed by atoms with Crippen LogP contribution >= 0.6 is 0 Å². The number of anilines is 1. The minimum Gasteiger partial charge on any atom is -0.466 e. The van der Waals surface area contributed by atoms with E-state index in [-0.39, 0.29) is 12.4 Å². The van der Waals surface area contributed by atoms with Crippen molar-refractivity contribution >= 4 is 11.8 Å². The molecule has 1 aromatic heterocycles. The number of ether oxygens (including phenoxy) is 1. The van der Waals surface area contributed by atoms with Gasteiger partial charge >= 0.3 is 5.97 Å². The molecule has 0 unspecified atom stereocenters. The molecule has 0 spiro atoms. The minimum absolute atomic E-state index is 0.217. The first-order valence-corrected chi connectivity index (χ1v) is 5.68. The highest BCUT2D eigenvalue weighted by molar-refractivity contribution is 5.72. The standard InChI is InChI=1S/C12H16N2O2/c1-2-16-11(15)8-10-6-5-9-4-3-7-13-12(9)14-10/h5-6H,2-4,7-8H2,1H3,(H,13,14). The summed E-state index contributed by atoms with van der Waals surface area (Å²) >= 11 is 0. The first-order valence-electron chi connectivity index (χ1n) is 5.68. The van der Waals surface area contributed by atoms with E-state index in [1.807, 2.05) is 12.1 Å². The highest BCUT2D eigenvalue weighted by atomic mass is 16.5. The largest absolute Gasteiger partial charge is 0.466 e. The third-order valence-corrected chi connectivity index (χ3v) is 2.58. The van der Waals surface area contributed by atoms with E-state index in [4.69, 9.17) is 4.74 Å². The van der Waals surface area contributed by atoms with E-state index in [2.05, 4.69) is 10.3 Å². The topological polar surface area (TPSA) is 51.2 Å². The third-order valence-electron chi connectivity index (χ3n) is 2.58. The molecule has 2 rings (SSSR count). The van der Waals surface area contributed by atoms with Gasteiger partial charge in [0.05, 0.1) is 18.7 Å². The number of hydrogen-bond acceptors (Lipinski definition) is 4. The van der Waals surface area contributed by atoms with Crippen LogP contribution in [0.5, 0.6) is 0 Å². The maximum Gasteiger partial charge on any atom is 0.311 e. The van der Waals surface area contributed by atoms with Crippen LogP contribution < -0.4 is 5.32 Å². The van der Waals surface area contributed by atoms with Crippen molar-refractivity contribution < 1.29 is 9.53 Å². The summed E-state index contributed by atoms with van der Waals surface area (Å²) in [6.45, 7) is 3.19. The van der Waals surface area contributed by atoms with Gasteiger partial charge in [-0.3, -0.25) is 4.79 Å². The number of nitrogens with one attached hydrogen (secondary N) is 1. The molecule has 0 atom stereocenters. The molecule has 0 aliphatic carbocycles. The molecule has 86 valence electrons. The summed E-state index contributed by atoms with van der Waals surface area (Å²) in [6.07, 6.45) is 2.46. The molecule has 1 aliphatic rings. The SMILES string of the molecule is CCOC(=O)Cc1ccc2c(n1)NCCC2. The molecule has 0 radical (unpaired) electrons. The van der Waals surface area contributed by atoms with Crippen molar-refractivity contribution in [3.63, 3.8) is 0 Å². The summed E-state index contributed by atoms with van der Waals surface area (Å²) in [7, 11) is 0. The monoisotopic (exact) mass is 220 g/mol. The first-order chi connectivity index (χ1) is 7.79. The fraction of sp³-hybridized carbons (Fsp3) is 0.500. The Morgan fingerprint density at radius 3 is 3.25 bits per heavy atom. The van der Waals surface area contributed by atoms with Crippen LogP contribution in [0.25, 0.3) is 0 Å². The number of fused-ring (bicyclic) bond motifs is 1. The Labute approximate surface area is 95.0 Å². The quantitative estimate of drug-likeness (QED) is 0.785. The second-order valence-electron chi connectivity index (χ2n) is 3.82. The van der Waals surface area contributed by atoms with Crippen LogP contribution in [0.3, 0.4) is 0 Å². The first kappa shape index (κ1) is 10.9. The summed E-state index contributed by atoms with van der Waals surface area (Å²) in [5.41, 5.74) is 2.01. The summed E-state index contributed by atoms with van der Waals surface area (Å²) in [6, 6.07) is 3.95. The van der Waals surface area contributed by atoms with Crippen LogP contribution in [-0.4, -0.2) is 24.1 Å². The van der Waals surface area contributed by atoms with Crippen LogP contribution in [0.4, 0.5) is 5.82 Å². The second-order valence-corrected chi connectivity index (χ2v) is 3.82. The number of rotatable bonds is 3. The van der Waals surface area contributed by atoms with E-state index in [1.54, 1.807) is 6.92 Å². The van der Waals surface area contributed by atoms with Crippen LogP contribution in [0.2, 0.25) is 0 Å². The average Bonchev–Trinajstić information content (AvgIpc) is 2.29. The van der Waals surface area contributed by atoms with Crippen molar-refractivity contribution in [2.24, 2.45) is 0 Å². The van der Waals surface area contributed by atoms with Crippen molar-refractivity contribution in [2.45, 2.75) is 26.2 Å². The molecule has 1 aliphatic heterocycles. The summed E-state index contributed by atoms with van der Waals surface area (Å²) in [4.78, 5) is 15.7. The highest BCUT2D eigenvalue weighted by Crippen LogP contribution is 2.19. The summed E-state index contributed by atoms with van der Waals surface area (Å²) in [5, 5.41) is 3.25. The second kappa shape index (κ2) is 4.96. The molecule has 1 N–H and O–H groups in total. The Morgan fingerprint density at radius 1 is 1.56 bits per heavy atom. The van der Waals surface area contributed by atoms with E-state index >= 15 is 0 Å². The molecule has 0 fully saturated rings. The maximum atomic E-state index is 11.3. The van der Waals surface area contributed by atoms with Gasteiger partial charge in [0.1, 0.15) is 5.82 Å². The lowest BCUT2D eigenvalue weighted by Crippen LogP contribution is -2.15. The van der Waals surface area contributed by atoms with Crippen LogP contribution in [0, 0.1) is 0 Å². The van der Waals surface area contributed by atoms with E-state index in [0.29, 0.717) is 6.61 Å².